The first-order chi connectivity index (χ1) is 11.2. The maximum atomic E-state index is 12.6. The summed E-state index contributed by atoms with van der Waals surface area (Å²) < 4.78 is 12.0. The summed E-state index contributed by atoms with van der Waals surface area (Å²) in [5.41, 5.74) is 1.06. The third-order valence-electron chi connectivity index (χ3n) is 3.38. The van der Waals surface area contributed by atoms with Crippen LogP contribution in [0.25, 0.3) is 5.69 Å². The molecule has 1 aliphatic rings. The van der Waals surface area contributed by atoms with Crippen LogP contribution < -0.4 is 9.47 Å². The first-order valence-corrected chi connectivity index (χ1v) is 7.09. The fourth-order valence-corrected chi connectivity index (χ4v) is 2.38. The highest BCUT2D eigenvalue weighted by atomic mass is 35.5. The Morgan fingerprint density at radius 3 is 2.70 bits per heavy atom. The molecule has 0 N–H and O–H groups in total. The summed E-state index contributed by atoms with van der Waals surface area (Å²) in [7, 11) is 0. The van der Waals surface area contributed by atoms with E-state index in [-0.39, 0.29) is 18.4 Å². The van der Waals surface area contributed by atoms with Gasteiger partial charge in [-0.05, 0) is 46.8 Å². The van der Waals surface area contributed by atoms with Gasteiger partial charge in [-0.2, -0.15) is 4.68 Å². The number of fused-ring (bicyclic) bond motifs is 1. The summed E-state index contributed by atoms with van der Waals surface area (Å²) in [6, 6.07) is 11.8. The minimum absolute atomic E-state index is 0.103. The number of halogens is 1. The van der Waals surface area contributed by atoms with Gasteiger partial charge in [-0.25, -0.2) is 0 Å². The van der Waals surface area contributed by atoms with Crippen LogP contribution in [0.15, 0.2) is 42.5 Å². The maximum absolute atomic E-state index is 12.6. The van der Waals surface area contributed by atoms with Crippen molar-refractivity contribution in [2.24, 2.45) is 0 Å². The van der Waals surface area contributed by atoms with Gasteiger partial charge in [0.2, 0.25) is 18.4 Å². The number of hydrogen-bond acceptors (Lipinski definition) is 6. The molecule has 1 aliphatic heterocycles. The van der Waals surface area contributed by atoms with Crippen LogP contribution in [0.2, 0.25) is 5.02 Å². The zero-order chi connectivity index (χ0) is 15.8. The summed E-state index contributed by atoms with van der Waals surface area (Å²) in [5, 5.41) is 11.9. The van der Waals surface area contributed by atoms with Gasteiger partial charge in [-0.15, -0.1) is 5.10 Å². The number of tetrazole rings is 1. The highest BCUT2D eigenvalue weighted by Crippen LogP contribution is 2.33. The van der Waals surface area contributed by atoms with Gasteiger partial charge in [0.25, 0.3) is 0 Å². The molecule has 0 saturated carbocycles. The van der Waals surface area contributed by atoms with E-state index in [0.29, 0.717) is 27.8 Å². The molecular formula is C15H9ClN4O3. The molecule has 0 amide bonds. The average Bonchev–Trinajstić information content (AvgIpc) is 3.23. The number of ether oxygens (including phenoxy) is 2. The van der Waals surface area contributed by atoms with Crippen molar-refractivity contribution in [2.45, 2.75) is 0 Å². The number of ketones is 1. The number of nitrogens with zero attached hydrogens (tertiary/aromatic N) is 4. The molecule has 4 rings (SSSR count). The van der Waals surface area contributed by atoms with Crippen LogP contribution in [0, 0.1) is 0 Å². The molecule has 23 heavy (non-hydrogen) atoms. The third kappa shape index (κ3) is 2.40. The lowest BCUT2D eigenvalue weighted by Crippen LogP contribution is -2.11. The van der Waals surface area contributed by atoms with E-state index >= 15 is 0 Å². The number of carbonyl (C=O) groups is 1. The largest absolute Gasteiger partial charge is 0.454 e. The molecule has 0 atom stereocenters. The Kier molecular flexibility index (Phi) is 3.20. The van der Waals surface area contributed by atoms with Crippen molar-refractivity contribution in [3.05, 3.63) is 58.9 Å². The summed E-state index contributed by atoms with van der Waals surface area (Å²) >= 11 is 5.84. The molecule has 0 fully saturated rings. The average molecular weight is 329 g/mol. The van der Waals surface area contributed by atoms with E-state index in [2.05, 4.69) is 15.5 Å². The minimum atomic E-state index is -0.302. The fraction of sp³-hybridized carbons (Fsp3) is 0.0667. The van der Waals surface area contributed by atoms with Gasteiger partial charge >= 0.3 is 0 Å². The lowest BCUT2D eigenvalue weighted by Gasteiger charge is -2.05. The molecule has 7 nitrogen and oxygen atoms in total. The van der Waals surface area contributed by atoms with Gasteiger partial charge in [-0.3, -0.25) is 4.79 Å². The third-order valence-corrected chi connectivity index (χ3v) is 3.63. The van der Waals surface area contributed by atoms with E-state index in [4.69, 9.17) is 21.1 Å². The van der Waals surface area contributed by atoms with Crippen molar-refractivity contribution in [1.82, 2.24) is 20.2 Å². The lowest BCUT2D eigenvalue weighted by molar-refractivity contribution is 0.102. The monoisotopic (exact) mass is 328 g/mol. The molecule has 2 aromatic carbocycles. The molecule has 0 saturated heterocycles. The van der Waals surface area contributed by atoms with Crippen LogP contribution in [0.5, 0.6) is 11.5 Å². The standard InChI is InChI=1S/C15H9ClN4O3/c16-10-3-1-9(2-4-10)14(21)15-17-18-19-20(15)11-5-6-12-13(7-11)23-8-22-12/h1-7H,8H2. The predicted octanol–water partition coefficient (Wildman–Crippen LogP) is 2.28. The Bertz CT molecular complexity index is 892. The van der Waals surface area contributed by atoms with E-state index in [1.807, 2.05) is 0 Å². The highest BCUT2D eigenvalue weighted by molar-refractivity contribution is 6.30. The molecule has 0 radical (unpaired) electrons. The Morgan fingerprint density at radius 1 is 1.09 bits per heavy atom. The minimum Gasteiger partial charge on any atom is -0.454 e. The molecule has 2 heterocycles. The Balaban J connectivity index is 1.73. The second-order valence-corrected chi connectivity index (χ2v) is 5.22. The highest BCUT2D eigenvalue weighted by Gasteiger charge is 2.21. The lowest BCUT2D eigenvalue weighted by atomic mass is 10.1. The second kappa shape index (κ2) is 5.36. The number of benzene rings is 2. The SMILES string of the molecule is O=C(c1ccc(Cl)cc1)c1nnnn1-c1ccc2c(c1)OCO2. The van der Waals surface area contributed by atoms with Crippen LogP contribution >= 0.6 is 11.6 Å². The zero-order valence-corrected chi connectivity index (χ0v) is 12.4. The molecule has 8 heteroatoms. The summed E-state index contributed by atoms with van der Waals surface area (Å²) in [5.74, 6) is 1.03. The number of carbonyl (C=O) groups excluding carboxylic acids is 1. The van der Waals surface area contributed by atoms with Gasteiger partial charge in [-0.1, -0.05) is 11.6 Å². The molecule has 0 aliphatic carbocycles. The van der Waals surface area contributed by atoms with E-state index in [1.54, 1.807) is 42.5 Å². The van der Waals surface area contributed by atoms with Crippen molar-refractivity contribution in [2.75, 3.05) is 6.79 Å². The van der Waals surface area contributed by atoms with Crippen molar-refractivity contribution >= 4 is 17.4 Å². The fourth-order valence-electron chi connectivity index (χ4n) is 2.25. The number of rotatable bonds is 3. The molecule has 3 aromatic rings. The van der Waals surface area contributed by atoms with Crippen molar-refractivity contribution in [3.8, 4) is 17.2 Å². The van der Waals surface area contributed by atoms with Crippen molar-refractivity contribution < 1.29 is 14.3 Å². The van der Waals surface area contributed by atoms with Crippen LogP contribution in [0.4, 0.5) is 0 Å². The maximum Gasteiger partial charge on any atom is 0.232 e. The van der Waals surface area contributed by atoms with Gasteiger partial charge in [0.1, 0.15) is 0 Å². The van der Waals surface area contributed by atoms with Crippen molar-refractivity contribution in [1.29, 1.82) is 0 Å². The summed E-state index contributed by atoms with van der Waals surface area (Å²) in [6.45, 7) is 0.172. The smallest absolute Gasteiger partial charge is 0.232 e. The number of hydrogen-bond donors (Lipinski definition) is 0. The predicted molar refractivity (Wildman–Crippen MR) is 80.2 cm³/mol. The molecule has 1 aromatic heterocycles. The second-order valence-electron chi connectivity index (χ2n) is 4.79. The summed E-state index contributed by atoms with van der Waals surface area (Å²) in [4.78, 5) is 12.6. The van der Waals surface area contributed by atoms with Gasteiger partial charge < -0.3 is 9.47 Å². The van der Waals surface area contributed by atoms with E-state index in [1.165, 1.54) is 4.68 Å². The zero-order valence-electron chi connectivity index (χ0n) is 11.6. The van der Waals surface area contributed by atoms with Gasteiger partial charge in [0.15, 0.2) is 11.5 Å². The Labute approximate surface area is 135 Å². The summed E-state index contributed by atoms with van der Waals surface area (Å²) in [6.07, 6.45) is 0. The molecule has 0 spiro atoms. The van der Waals surface area contributed by atoms with Crippen LogP contribution in [-0.4, -0.2) is 32.8 Å². The number of aromatic nitrogens is 4. The van der Waals surface area contributed by atoms with Crippen molar-refractivity contribution in [3.63, 3.8) is 0 Å². The molecular weight excluding hydrogens is 320 g/mol. The van der Waals surface area contributed by atoms with E-state index in [0.717, 1.165) is 0 Å². The first-order valence-electron chi connectivity index (χ1n) is 6.71. The van der Waals surface area contributed by atoms with Gasteiger partial charge in [0.05, 0.1) is 5.69 Å². The molecule has 0 bridgehead atoms. The van der Waals surface area contributed by atoms with E-state index < -0.39 is 0 Å². The molecule has 0 unspecified atom stereocenters. The van der Waals surface area contributed by atoms with Crippen LogP contribution in [0.3, 0.4) is 0 Å². The Morgan fingerprint density at radius 2 is 1.87 bits per heavy atom. The quantitative estimate of drug-likeness (QED) is 0.686. The molecule has 114 valence electrons. The van der Waals surface area contributed by atoms with Crippen LogP contribution in [0.1, 0.15) is 16.2 Å². The normalized spacial score (nSPS) is 12.4. The van der Waals surface area contributed by atoms with Crippen LogP contribution in [-0.2, 0) is 0 Å². The van der Waals surface area contributed by atoms with Gasteiger partial charge in [0, 0.05) is 16.7 Å². The Hall–Kier alpha value is -2.93. The first kappa shape index (κ1) is 13.7. The topological polar surface area (TPSA) is 79.1 Å². The van der Waals surface area contributed by atoms with E-state index in [9.17, 15) is 4.79 Å².